The number of hydrogen-bond acceptors (Lipinski definition) is 6. The summed E-state index contributed by atoms with van der Waals surface area (Å²) in [6.45, 7) is 9.34. The average Bonchev–Trinajstić information content (AvgIpc) is 3.44. The molecule has 3 heterocycles. The second-order valence-corrected chi connectivity index (χ2v) is 11.7. The highest BCUT2D eigenvalue weighted by Gasteiger charge is 2.41. The van der Waals surface area contributed by atoms with Crippen molar-refractivity contribution >= 4 is 17.0 Å². The number of aromatic nitrogens is 4. The molecule has 1 aliphatic carbocycles. The van der Waals surface area contributed by atoms with Gasteiger partial charge >= 0.3 is 5.97 Å². The Morgan fingerprint density at radius 2 is 2.00 bits per heavy atom. The Balaban J connectivity index is 1.44. The van der Waals surface area contributed by atoms with Gasteiger partial charge in [0.05, 0.1) is 10.9 Å². The number of ether oxygens (including phenoxy) is 1. The molecule has 2 aromatic carbocycles. The molecular weight excluding hydrogens is 490 g/mol. The molecule has 0 radical (unpaired) electrons. The average molecular weight is 526 g/mol. The lowest BCUT2D eigenvalue weighted by atomic mass is 9.69. The first-order chi connectivity index (χ1) is 18.6. The van der Waals surface area contributed by atoms with E-state index >= 15 is 0 Å². The minimum Gasteiger partial charge on any atom is -0.481 e. The molecule has 0 saturated carbocycles. The van der Waals surface area contributed by atoms with E-state index in [1.807, 2.05) is 40.0 Å². The minimum atomic E-state index is -1.04. The Morgan fingerprint density at radius 1 is 1.18 bits per heavy atom. The number of carboxylic acids is 1. The van der Waals surface area contributed by atoms with Crippen LogP contribution in [-0.4, -0.2) is 48.6 Å². The normalized spacial score (nSPS) is 20.2. The van der Waals surface area contributed by atoms with Gasteiger partial charge in [0.2, 0.25) is 5.88 Å². The molecule has 0 bridgehead atoms. The molecule has 3 atom stereocenters. The van der Waals surface area contributed by atoms with Crippen molar-refractivity contribution in [3.05, 3.63) is 82.0 Å². The van der Waals surface area contributed by atoms with Crippen LogP contribution in [0.4, 0.5) is 0 Å². The zero-order valence-electron chi connectivity index (χ0n) is 23.2. The Morgan fingerprint density at radius 3 is 2.79 bits per heavy atom. The summed E-state index contributed by atoms with van der Waals surface area (Å²) in [4.78, 5) is 19.6. The lowest BCUT2D eigenvalue weighted by molar-refractivity contribution is -0.147. The predicted molar refractivity (Wildman–Crippen MR) is 149 cm³/mol. The number of aliphatic carboxylic acids is 1. The second-order valence-electron chi connectivity index (χ2n) is 11.7. The van der Waals surface area contributed by atoms with Crippen LogP contribution in [0.1, 0.15) is 72.5 Å². The molecule has 0 spiro atoms. The van der Waals surface area contributed by atoms with Crippen LogP contribution in [0.2, 0.25) is 0 Å². The smallest absolute Gasteiger partial charge is 0.310 e. The molecule has 8 nitrogen and oxygen atoms in total. The zero-order valence-corrected chi connectivity index (χ0v) is 23.2. The van der Waals surface area contributed by atoms with Gasteiger partial charge in [0.25, 0.3) is 0 Å². The largest absolute Gasteiger partial charge is 0.481 e. The molecule has 6 rings (SSSR count). The van der Waals surface area contributed by atoms with Crippen molar-refractivity contribution in [1.29, 1.82) is 0 Å². The van der Waals surface area contributed by atoms with Gasteiger partial charge in [0, 0.05) is 43.9 Å². The fourth-order valence-electron chi connectivity index (χ4n) is 6.56. The van der Waals surface area contributed by atoms with Crippen LogP contribution < -0.4 is 4.74 Å². The van der Waals surface area contributed by atoms with E-state index in [0.29, 0.717) is 0 Å². The van der Waals surface area contributed by atoms with E-state index < -0.39 is 11.4 Å². The molecule has 4 aromatic rings. The number of carbonyl (C=O) groups is 1. The van der Waals surface area contributed by atoms with E-state index in [1.165, 1.54) is 11.1 Å². The van der Waals surface area contributed by atoms with Gasteiger partial charge in [-0.15, -0.1) is 5.10 Å². The SMILES string of the molecule is Cc1c(C(c2ccc3c(c2)C(N2Cc4cccnc4O[C@@H](C)C2)CC3)C(C)(C)C(=O)O)ccc2c1nnn2C. The quantitative estimate of drug-likeness (QED) is 0.384. The predicted octanol–water partition coefficient (Wildman–Crippen LogP) is 5.18. The molecule has 1 N–H and O–H groups in total. The fraction of sp³-hybridized carbons (Fsp3) is 0.419. The first-order valence-electron chi connectivity index (χ1n) is 13.6. The van der Waals surface area contributed by atoms with Crippen LogP contribution >= 0.6 is 0 Å². The third-order valence-corrected chi connectivity index (χ3v) is 8.68. The first kappa shape index (κ1) is 25.5. The Hall–Kier alpha value is -3.78. The molecule has 8 heteroatoms. The number of hydrogen-bond donors (Lipinski definition) is 1. The second kappa shape index (κ2) is 9.45. The maximum Gasteiger partial charge on any atom is 0.310 e. The number of benzene rings is 2. The van der Waals surface area contributed by atoms with E-state index in [9.17, 15) is 9.90 Å². The summed E-state index contributed by atoms with van der Waals surface area (Å²) >= 11 is 0. The Kier molecular flexibility index (Phi) is 6.18. The van der Waals surface area contributed by atoms with Crippen molar-refractivity contribution < 1.29 is 14.6 Å². The molecule has 2 aliphatic rings. The van der Waals surface area contributed by atoms with E-state index in [2.05, 4.69) is 57.5 Å². The number of carboxylic acid groups (broad SMARTS) is 1. The lowest BCUT2D eigenvalue weighted by Gasteiger charge is -2.34. The maximum atomic E-state index is 12.7. The summed E-state index contributed by atoms with van der Waals surface area (Å²) in [7, 11) is 1.87. The highest BCUT2D eigenvalue weighted by molar-refractivity contribution is 5.81. The van der Waals surface area contributed by atoms with Crippen LogP contribution in [0.5, 0.6) is 5.88 Å². The van der Waals surface area contributed by atoms with Gasteiger partial charge in [-0.3, -0.25) is 9.69 Å². The van der Waals surface area contributed by atoms with Crippen LogP contribution in [0.25, 0.3) is 11.0 Å². The summed E-state index contributed by atoms with van der Waals surface area (Å²) in [5, 5.41) is 19.0. The highest BCUT2D eigenvalue weighted by Crippen LogP contribution is 2.46. The molecular formula is C31H35N5O3. The monoisotopic (exact) mass is 525 g/mol. The minimum absolute atomic E-state index is 0.0217. The molecule has 39 heavy (non-hydrogen) atoms. The fourth-order valence-corrected chi connectivity index (χ4v) is 6.56. The lowest BCUT2D eigenvalue weighted by Crippen LogP contribution is -2.34. The molecule has 2 aromatic heterocycles. The van der Waals surface area contributed by atoms with Crippen molar-refractivity contribution in [1.82, 2.24) is 24.9 Å². The number of nitrogens with zero attached hydrogens (tertiary/aromatic N) is 5. The van der Waals surface area contributed by atoms with Crippen LogP contribution in [0.3, 0.4) is 0 Å². The molecule has 1 aliphatic heterocycles. The zero-order chi connectivity index (χ0) is 27.5. The van der Waals surface area contributed by atoms with Gasteiger partial charge in [-0.1, -0.05) is 35.5 Å². The van der Waals surface area contributed by atoms with Gasteiger partial charge in [0.15, 0.2) is 0 Å². The number of aryl methyl sites for hydroxylation is 3. The van der Waals surface area contributed by atoms with Crippen LogP contribution in [-0.2, 0) is 24.8 Å². The van der Waals surface area contributed by atoms with E-state index in [0.717, 1.165) is 65.1 Å². The molecule has 0 amide bonds. The Bertz CT molecular complexity index is 1580. The van der Waals surface area contributed by atoms with Gasteiger partial charge in [0.1, 0.15) is 11.6 Å². The summed E-state index contributed by atoms with van der Waals surface area (Å²) in [5.74, 6) is -0.465. The van der Waals surface area contributed by atoms with Crippen LogP contribution in [0.15, 0.2) is 48.7 Å². The van der Waals surface area contributed by atoms with Crippen LogP contribution in [0, 0.1) is 12.3 Å². The van der Waals surface area contributed by atoms with Crippen molar-refractivity contribution in [3.63, 3.8) is 0 Å². The highest BCUT2D eigenvalue weighted by atomic mass is 16.5. The van der Waals surface area contributed by atoms with Gasteiger partial charge in [-0.05, 0) is 80.5 Å². The van der Waals surface area contributed by atoms with Gasteiger partial charge in [-0.25, -0.2) is 9.67 Å². The third kappa shape index (κ3) is 4.27. The van der Waals surface area contributed by atoms with Gasteiger partial charge < -0.3 is 9.84 Å². The number of pyridine rings is 1. The number of fused-ring (bicyclic) bond motifs is 3. The summed E-state index contributed by atoms with van der Waals surface area (Å²) in [5.41, 5.74) is 7.39. The van der Waals surface area contributed by atoms with E-state index in [-0.39, 0.29) is 18.1 Å². The summed E-state index contributed by atoms with van der Waals surface area (Å²) in [6.07, 6.45) is 3.83. The van der Waals surface area contributed by atoms with Crippen molar-refractivity contribution in [2.24, 2.45) is 12.5 Å². The maximum absolute atomic E-state index is 12.7. The molecule has 2 unspecified atom stereocenters. The topological polar surface area (TPSA) is 93.4 Å². The summed E-state index contributed by atoms with van der Waals surface area (Å²) < 4.78 is 7.90. The standard InChI is InChI=1S/C31H35N5O3/c1-18-16-36(17-22-7-6-14-32-29(22)39-18)25-12-10-20-8-9-21(15-24(20)25)27(31(3,4)30(37)38)23-11-13-26-28(19(23)2)33-34-35(26)5/h6-9,11,13-15,18,25,27H,10,12,16-17H2,1-5H3,(H,37,38)/t18-,25?,27?/m0/s1. The van der Waals surface area contributed by atoms with Gasteiger partial charge in [-0.2, -0.15) is 0 Å². The summed E-state index contributed by atoms with van der Waals surface area (Å²) in [6, 6.07) is 14.9. The molecule has 0 fully saturated rings. The third-order valence-electron chi connectivity index (χ3n) is 8.68. The number of rotatable bonds is 5. The van der Waals surface area contributed by atoms with E-state index in [4.69, 9.17) is 4.74 Å². The van der Waals surface area contributed by atoms with Crippen molar-refractivity contribution in [2.75, 3.05) is 6.54 Å². The van der Waals surface area contributed by atoms with Crippen molar-refractivity contribution in [3.8, 4) is 5.88 Å². The van der Waals surface area contributed by atoms with E-state index in [1.54, 1.807) is 10.9 Å². The van der Waals surface area contributed by atoms with Crippen molar-refractivity contribution in [2.45, 2.75) is 65.1 Å². The molecule has 0 saturated heterocycles. The Labute approximate surface area is 228 Å². The first-order valence-corrected chi connectivity index (χ1v) is 13.6. The molecule has 202 valence electrons.